The van der Waals surface area contributed by atoms with Crippen LogP contribution in [0.2, 0.25) is 0 Å². The molecule has 0 atom stereocenters. The van der Waals surface area contributed by atoms with Crippen molar-refractivity contribution < 1.29 is 4.74 Å². The van der Waals surface area contributed by atoms with Gasteiger partial charge in [0.15, 0.2) is 0 Å². The maximum absolute atomic E-state index is 5.05. The van der Waals surface area contributed by atoms with Crippen molar-refractivity contribution in [1.29, 1.82) is 0 Å². The third-order valence-corrected chi connectivity index (χ3v) is 3.91. The monoisotopic (exact) mass is 251 g/mol. The van der Waals surface area contributed by atoms with Crippen LogP contribution in [0.5, 0.6) is 0 Å². The van der Waals surface area contributed by atoms with Gasteiger partial charge < -0.3 is 10.1 Å². The Bertz CT molecular complexity index is 339. The molecule has 1 aromatic carbocycles. The molecule has 94 valence electrons. The van der Waals surface area contributed by atoms with E-state index in [9.17, 15) is 0 Å². The van der Waals surface area contributed by atoms with Gasteiger partial charge in [0.05, 0.1) is 0 Å². The molecule has 17 heavy (non-hydrogen) atoms. The molecule has 1 aliphatic carbocycles. The first-order valence-electron chi connectivity index (χ1n) is 6.32. The Hall–Kier alpha value is -0.510. The van der Waals surface area contributed by atoms with Crippen LogP contribution < -0.4 is 5.32 Å². The van der Waals surface area contributed by atoms with Gasteiger partial charge in [0.2, 0.25) is 0 Å². The average molecular weight is 251 g/mol. The van der Waals surface area contributed by atoms with Crippen LogP contribution in [0.4, 0.5) is 0 Å². The first-order chi connectivity index (χ1) is 8.38. The van der Waals surface area contributed by atoms with E-state index in [-0.39, 0.29) is 0 Å². The lowest BCUT2D eigenvalue weighted by atomic mass is 10.2. The molecular weight excluding hydrogens is 230 g/mol. The van der Waals surface area contributed by atoms with Crippen molar-refractivity contribution in [2.45, 2.75) is 36.7 Å². The van der Waals surface area contributed by atoms with Crippen LogP contribution in [-0.2, 0) is 11.3 Å². The summed E-state index contributed by atoms with van der Waals surface area (Å²) in [5.41, 5.74) is 1.40. The summed E-state index contributed by atoms with van der Waals surface area (Å²) in [6.45, 7) is 1.87. The summed E-state index contributed by atoms with van der Waals surface area (Å²) < 4.78 is 5.05. The summed E-state index contributed by atoms with van der Waals surface area (Å²) in [6.07, 6.45) is 3.82. The molecule has 1 aromatic rings. The zero-order valence-electron chi connectivity index (χ0n) is 10.4. The number of nitrogens with one attached hydrogen (secondary N) is 1. The number of hydrogen-bond acceptors (Lipinski definition) is 3. The molecule has 1 aliphatic rings. The van der Waals surface area contributed by atoms with Crippen LogP contribution in [0.25, 0.3) is 0 Å². The first-order valence-corrected chi connectivity index (χ1v) is 7.31. The minimum Gasteiger partial charge on any atom is -0.385 e. The lowest BCUT2D eigenvalue weighted by Gasteiger charge is -2.06. The van der Waals surface area contributed by atoms with Crippen LogP contribution in [0, 0.1) is 0 Å². The van der Waals surface area contributed by atoms with E-state index in [1.807, 2.05) is 11.8 Å². The van der Waals surface area contributed by atoms with E-state index >= 15 is 0 Å². The quantitative estimate of drug-likeness (QED) is 0.567. The predicted molar refractivity (Wildman–Crippen MR) is 73.5 cm³/mol. The fourth-order valence-electron chi connectivity index (χ4n) is 1.69. The van der Waals surface area contributed by atoms with Crippen LogP contribution >= 0.6 is 11.8 Å². The van der Waals surface area contributed by atoms with E-state index in [2.05, 4.69) is 29.6 Å². The predicted octanol–water partition coefficient (Wildman–Crippen LogP) is 3.07. The molecule has 0 aromatic heterocycles. The Morgan fingerprint density at radius 2 is 2.29 bits per heavy atom. The van der Waals surface area contributed by atoms with Crippen molar-refractivity contribution in [2.75, 3.05) is 19.5 Å². The molecule has 3 heteroatoms. The number of rotatable bonds is 8. The standard InChI is InChI=1S/C14H21NOS/c1-16-8-3-9-17-14-5-2-4-12(10-14)11-15-13-6-7-13/h2,4-5,10,13,15H,3,6-9,11H2,1H3. The Labute approximate surface area is 108 Å². The number of methoxy groups -OCH3 is 1. The number of hydrogen-bond donors (Lipinski definition) is 1. The van der Waals surface area contributed by atoms with Gasteiger partial charge in [-0.15, -0.1) is 11.8 Å². The zero-order valence-corrected chi connectivity index (χ0v) is 11.3. The lowest BCUT2D eigenvalue weighted by Crippen LogP contribution is -2.15. The van der Waals surface area contributed by atoms with E-state index < -0.39 is 0 Å². The molecule has 2 rings (SSSR count). The molecule has 2 nitrogen and oxygen atoms in total. The summed E-state index contributed by atoms with van der Waals surface area (Å²) in [5, 5.41) is 3.55. The van der Waals surface area contributed by atoms with Gasteiger partial charge in [0, 0.05) is 37.0 Å². The van der Waals surface area contributed by atoms with Crippen molar-refractivity contribution >= 4 is 11.8 Å². The van der Waals surface area contributed by atoms with Gasteiger partial charge >= 0.3 is 0 Å². The van der Waals surface area contributed by atoms with Crippen LogP contribution in [0.1, 0.15) is 24.8 Å². The third-order valence-electron chi connectivity index (χ3n) is 2.83. The van der Waals surface area contributed by atoms with Gasteiger partial charge in [-0.1, -0.05) is 12.1 Å². The molecule has 0 aliphatic heterocycles. The molecule has 0 unspecified atom stereocenters. The van der Waals surface area contributed by atoms with Gasteiger partial charge in [0.1, 0.15) is 0 Å². The summed E-state index contributed by atoms with van der Waals surface area (Å²) in [6, 6.07) is 9.63. The van der Waals surface area contributed by atoms with Crippen LogP contribution in [0.15, 0.2) is 29.2 Å². The minimum absolute atomic E-state index is 0.785. The molecule has 0 bridgehead atoms. The zero-order chi connectivity index (χ0) is 11.9. The smallest absolute Gasteiger partial charge is 0.0470 e. The molecular formula is C14H21NOS. The highest BCUT2D eigenvalue weighted by atomic mass is 32.2. The van der Waals surface area contributed by atoms with Crippen LogP contribution in [0.3, 0.4) is 0 Å². The second kappa shape index (κ2) is 7.04. The molecule has 1 fully saturated rings. The average Bonchev–Trinajstić information content (AvgIpc) is 3.17. The van der Waals surface area contributed by atoms with Crippen molar-refractivity contribution in [3.63, 3.8) is 0 Å². The summed E-state index contributed by atoms with van der Waals surface area (Å²) >= 11 is 1.92. The second-order valence-electron chi connectivity index (χ2n) is 4.50. The van der Waals surface area contributed by atoms with E-state index in [0.29, 0.717) is 0 Å². The highest BCUT2D eigenvalue weighted by Crippen LogP contribution is 2.22. The van der Waals surface area contributed by atoms with Crippen molar-refractivity contribution in [2.24, 2.45) is 0 Å². The Morgan fingerprint density at radius 1 is 1.41 bits per heavy atom. The fourth-order valence-corrected chi connectivity index (χ4v) is 2.60. The fraction of sp³-hybridized carbons (Fsp3) is 0.571. The molecule has 0 amide bonds. The van der Waals surface area contributed by atoms with E-state index in [4.69, 9.17) is 4.74 Å². The summed E-state index contributed by atoms with van der Waals surface area (Å²) in [4.78, 5) is 1.37. The van der Waals surface area contributed by atoms with Gasteiger partial charge in [0.25, 0.3) is 0 Å². The van der Waals surface area contributed by atoms with Crippen molar-refractivity contribution in [3.05, 3.63) is 29.8 Å². The van der Waals surface area contributed by atoms with Gasteiger partial charge in [-0.2, -0.15) is 0 Å². The Morgan fingerprint density at radius 3 is 3.06 bits per heavy atom. The lowest BCUT2D eigenvalue weighted by molar-refractivity contribution is 0.200. The topological polar surface area (TPSA) is 21.3 Å². The molecule has 1 saturated carbocycles. The largest absolute Gasteiger partial charge is 0.385 e. The molecule has 0 saturated heterocycles. The third kappa shape index (κ3) is 5.11. The highest BCUT2D eigenvalue weighted by molar-refractivity contribution is 7.99. The maximum atomic E-state index is 5.05. The minimum atomic E-state index is 0.785. The normalized spacial score (nSPS) is 15.1. The Balaban J connectivity index is 1.74. The van der Waals surface area contributed by atoms with E-state index in [1.165, 1.54) is 23.3 Å². The highest BCUT2D eigenvalue weighted by Gasteiger charge is 2.19. The SMILES string of the molecule is COCCCSc1cccc(CNC2CC2)c1. The molecule has 1 N–H and O–H groups in total. The maximum Gasteiger partial charge on any atom is 0.0470 e. The number of thioether (sulfide) groups is 1. The summed E-state index contributed by atoms with van der Waals surface area (Å²) in [7, 11) is 1.76. The van der Waals surface area contributed by atoms with Crippen molar-refractivity contribution in [1.82, 2.24) is 5.32 Å². The van der Waals surface area contributed by atoms with E-state index in [0.717, 1.165) is 31.4 Å². The van der Waals surface area contributed by atoms with Gasteiger partial charge in [-0.05, 0) is 37.0 Å². The van der Waals surface area contributed by atoms with Crippen LogP contribution in [-0.4, -0.2) is 25.5 Å². The summed E-state index contributed by atoms with van der Waals surface area (Å²) in [5.74, 6) is 1.13. The van der Waals surface area contributed by atoms with Gasteiger partial charge in [-0.3, -0.25) is 0 Å². The second-order valence-corrected chi connectivity index (χ2v) is 5.67. The van der Waals surface area contributed by atoms with Gasteiger partial charge in [-0.25, -0.2) is 0 Å². The van der Waals surface area contributed by atoms with E-state index in [1.54, 1.807) is 7.11 Å². The molecule has 0 heterocycles. The Kier molecular flexibility index (Phi) is 5.36. The number of ether oxygens (including phenoxy) is 1. The molecule has 0 spiro atoms. The van der Waals surface area contributed by atoms with Crippen molar-refractivity contribution in [3.8, 4) is 0 Å². The molecule has 0 radical (unpaired) electrons. The number of benzene rings is 1. The first kappa shape index (κ1) is 12.9.